The molecule has 0 atom stereocenters. The molecule has 3 aromatic rings. The molecule has 5 nitrogen and oxygen atoms in total. The molecule has 0 aromatic heterocycles. The first kappa shape index (κ1) is 23.2. The maximum atomic E-state index is 12.9. The van der Waals surface area contributed by atoms with Crippen molar-refractivity contribution in [3.8, 4) is 0 Å². The van der Waals surface area contributed by atoms with Gasteiger partial charge in [0.05, 0.1) is 5.56 Å². The molecule has 0 spiro atoms. The van der Waals surface area contributed by atoms with Crippen LogP contribution >= 0.6 is 11.9 Å². The van der Waals surface area contributed by atoms with Gasteiger partial charge in [-0.3, -0.25) is 9.59 Å². The maximum absolute atomic E-state index is 12.9. The molecule has 0 unspecified atom stereocenters. The van der Waals surface area contributed by atoms with E-state index in [2.05, 4.69) is 10.0 Å². The zero-order valence-corrected chi connectivity index (χ0v) is 17.5. The number of aryl methyl sites for hydroxylation is 1. The summed E-state index contributed by atoms with van der Waals surface area (Å²) in [7, 11) is 0. The van der Waals surface area contributed by atoms with Gasteiger partial charge in [-0.05, 0) is 72.5 Å². The molecule has 3 aromatic carbocycles. The van der Waals surface area contributed by atoms with Gasteiger partial charge in [0.15, 0.2) is 0 Å². The van der Waals surface area contributed by atoms with Crippen molar-refractivity contribution >= 4 is 35.2 Å². The summed E-state index contributed by atoms with van der Waals surface area (Å²) in [6.07, 6.45) is -3.97. The number of carboxylic acid groups (broad SMARTS) is 1. The maximum Gasteiger partial charge on any atom is 0.416 e. The number of anilines is 2. The Morgan fingerprint density at radius 2 is 1.59 bits per heavy atom. The van der Waals surface area contributed by atoms with Gasteiger partial charge in [0.25, 0.3) is 5.91 Å². The highest BCUT2D eigenvalue weighted by Crippen LogP contribution is 2.31. The Morgan fingerprint density at radius 1 is 0.906 bits per heavy atom. The topological polar surface area (TPSA) is 78.4 Å². The number of benzene rings is 3. The summed E-state index contributed by atoms with van der Waals surface area (Å²) in [6.45, 7) is 0. The van der Waals surface area contributed by atoms with E-state index in [1.807, 2.05) is 24.3 Å². The minimum atomic E-state index is -4.49. The standard InChI is InChI=1S/C23H19F3N2O3S/c24-23(25,26)17-4-2-5-18(14-17)27-22(31)16-3-1-6-19(13-16)28-32-20-10-7-15(8-11-20)9-12-21(29)30/h1-8,10-11,13-14,28H,9,12H2,(H,27,31)(H,29,30). The second-order valence-corrected chi connectivity index (χ2v) is 7.73. The van der Waals surface area contributed by atoms with E-state index in [9.17, 15) is 22.8 Å². The number of alkyl halides is 3. The molecule has 0 bridgehead atoms. The summed E-state index contributed by atoms with van der Waals surface area (Å²) in [6, 6.07) is 18.5. The fourth-order valence-corrected chi connectivity index (χ4v) is 3.43. The molecule has 0 aliphatic heterocycles. The third kappa shape index (κ3) is 6.78. The fraction of sp³-hybridized carbons (Fsp3) is 0.130. The van der Waals surface area contributed by atoms with E-state index in [-0.39, 0.29) is 17.7 Å². The summed E-state index contributed by atoms with van der Waals surface area (Å²) >= 11 is 1.31. The number of carboxylic acids is 1. The van der Waals surface area contributed by atoms with Gasteiger partial charge in [-0.1, -0.05) is 24.3 Å². The molecule has 1 amide bonds. The van der Waals surface area contributed by atoms with Crippen molar-refractivity contribution in [1.82, 2.24) is 0 Å². The van der Waals surface area contributed by atoms with Crippen LogP contribution in [-0.2, 0) is 17.4 Å². The van der Waals surface area contributed by atoms with Crippen molar-refractivity contribution in [2.75, 3.05) is 10.0 Å². The van der Waals surface area contributed by atoms with Crippen molar-refractivity contribution in [1.29, 1.82) is 0 Å². The monoisotopic (exact) mass is 460 g/mol. The Kier molecular flexibility index (Phi) is 7.42. The number of aliphatic carboxylic acids is 1. The van der Waals surface area contributed by atoms with Crippen LogP contribution in [0, 0.1) is 0 Å². The van der Waals surface area contributed by atoms with Crippen LogP contribution in [0.25, 0.3) is 0 Å². The summed E-state index contributed by atoms with van der Waals surface area (Å²) in [5, 5.41) is 11.2. The predicted octanol–water partition coefficient (Wildman–Crippen LogP) is 6.09. The molecular formula is C23H19F3N2O3S. The molecule has 32 heavy (non-hydrogen) atoms. The van der Waals surface area contributed by atoms with Crippen molar-refractivity contribution < 1.29 is 27.9 Å². The van der Waals surface area contributed by atoms with E-state index in [0.29, 0.717) is 12.1 Å². The first-order chi connectivity index (χ1) is 15.2. The Bertz CT molecular complexity index is 1100. The highest BCUT2D eigenvalue weighted by atomic mass is 32.2. The van der Waals surface area contributed by atoms with Gasteiger partial charge in [0.2, 0.25) is 0 Å². The van der Waals surface area contributed by atoms with Gasteiger partial charge >= 0.3 is 12.1 Å². The van der Waals surface area contributed by atoms with Crippen LogP contribution in [0.5, 0.6) is 0 Å². The number of nitrogens with one attached hydrogen (secondary N) is 2. The van der Waals surface area contributed by atoms with E-state index in [0.717, 1.165) is 22.6 Å². The quantitative estimate of drug-likeness (QED) is 0.355. The first-order valence-electron chi connectivity index (χ1n) is 9.53. The molecule has 0 radical (unpaired) electrons. The number of halogens is 3. The number of carbonyl (C=O) groups excluding carboxylic acids is 1. The van der Waals surface area contributed by atoms with Crippen LogP contribution in [0.2, 0.25) is 0 Å². The summed E-state index contributed by atoms with van der Waals surface area (Å²) in [5.74, 6) is -1.37. The second-order valence-electron chi connectivity index (χ2n) is 6.86. The molecule has 0 aliphatic rings. The lowest BCUT2D eigenvalue weighted by Crippen LogP contribution is -2.13. The molecular weight excluding hydrogens is 441 g/mol. The van der Waals surface area contributed by atoms with E-state index in [1.54, 1.807) is 24.3 Å². The predicted molar refractivity (Wildman–Crippen MR) is 118 cm³/mol. The van der Waals surface area contributed by atoms with Crippen LogP contribution < -0.4 is 10.0 Å². The van der Waals surface area contributed by atoms with Gasteiger partial charge < -0.3 is 15.1 Å². The molecule has 0 fully saturated rings. The van der Waals surface area contributed by atoms with Crippen LogP contribution in [-0.4, -0.2) is 17.0 Å². The average molecular weight is 460 g/mol. The molecule has 0 aliphatic carbocycles. The van der Waals surface area contributed by atoms with Crippen LogP contribution in [0.3, 0.4) is 0 Å². The molecule has 3 N–H and O–H groups in total. The van der Waals surface area contributed by atoms with Crippen LogP contribution in [0.15, 0.2) is 77.7 Å². The van der Waals surface area contributed by atoms with E-state index in [4.69, 9.17) is 5.11 Å². The normalized spacial score (nSPS) is 11.1. The smallest absolute Gasteiger partial charge is 0.416 e. The molecule has 0 saturated heterocycles. The SMILES string of the molecule is O=C(O)CCc1ccc(SNc2cccc(C(=O)Nc3cccc(C(F)(F)F)c3)c2)cc1. The molecule has 0 saturated carbocycles. The molecule has 0 heterocycles. The van der Waals surface area contributed by atoms with Crippen molar-refractivity contribution in [3.05, 3.63) is 89.5 Å². The second kappa shape index (κ2) is 10.2. The average Bonchev–Trinajstić information content (AvgIpc) is 2.77. The van der Waals surface area contributed by atoms with E-state index < -0.39 is 23.6 Å². The lowest BCUT2D eigenvalue weighted by molar-refractivity contribution is -0.138. The first-order valence-corrected chi connectivity index (χ1v) is 10.3. The number of rotatable bonds is 8. The fourth-order valence-electron chi connectivity index (χ4n) is 2.79. The largest absolute Gasteiger partial charge is 0.481 e. The Morgan fingerprint density at radius 3 is 2.28 bits per heavy atom. The number of carbonyl (C=O) groups is 2. The Hall–Kier alpha value is -3.46. The van der Waals surface area contributed by atoms with Gasteiger partial charge in [-0.15, -0.1) is 0 Å². The molecule has 166 valence electrons. The van der Waals surface area contributed by atoms with Gasteiger partial charge in [0, 0.05) is 28.3 Å². The van der Waals surface area contributed by atoms with Gasteiger partial charge in [0.1, 0.15) is 0 Å². The van der Waals surface area contributed by atoms with Gasteiger partial charge in [-0.2, -0.15) is 13.2 Å². The van der Waals surface area contributed by atoms with Gasteiger partial charge in [-0.25, -0.2) is 0 Å². The third-order valence-corrected chi connectivity index (χ3v) is 5.26. The number of amides is 1. The summed E-state index contributed by atoms with van der Waals surface area (Å²) < 4.78 is 41.7. The highest BCUT2D eigenvalue weighted by Gasteiger charge is 2.30. The minimum absolute atomic E-state index is 0.0561. The number of hydrogen-bond acceptors (Lipinski definition) is 4. The third-order valence-electron chi connectivity index (χ3n) is 4.41. The van der Waals surface area contributed by atoms with Crippen LogP contribution in [0.1, 0.15) is 27.9 Å². The Balaban J connectivity index is 1.60. The van der Waals surface area contributed by atoms with E-state index in [1.165, 1.54) is 24.1 Å². The van der Waals surface area contributed by atoms with E-state index >= 15 is 0 Å². The minimum Gasteiger partial charge on any atom is -0.481 e. The van der Waals surface area contributed by atoms with Crippen LogP contribution in [0.4, 0.5) is 24.5 Å². The summed E-state index contributed by atoms with van der Waals surface area (Å²) in [5.41, 5.74) is 1.07. The van der Waals surface area contributed by atoms with Crippen molar-refractivity contribution in [2.45, 2.75) is 23.9 Å². The lowest BCUT2D eigenvalue weighted by atomic mass is 10.1. The zero-order valence-electron chi connectivity index (χ0n) is 16.6. The zero-order chi connectivity index (χ0) is 23.1. The number of hydrogen-bond donors (Lipinski definition) is 3. The van der Waals surface area contributed by atoms with Crippen molar-refractivity contribution in [2.24, 2.45) is 0 Å². The molecule has 9 heteroatoms. The summed E-state index contributed by atoms with van der Waals surface area (Å²) in [4.78, 5) is 24.0. The molecule has 3 rings (SSSR count). The highest BCUT2D eigenvalue weighted by molar-refractivity contribution is 8.00. The Labute approximate surface area is 186 Å². The lowest BCUT2D eigenvalue weighted by Gasteiger charge is -2.11. The van der Waals surface area contributed by atoms with Crippen molar-refractivity contribution in [3.63, 3.8) is 0 Å².